The van der Waals surface area contributed by atoms with Gasteiger partial charge in [-0.1, -0.05) is 80.5 Å². The third-order valence-corrected chi connectivity index (χ3v) is 10.8. The fourth-order valence-electron chi connectivity index (χ4n) is 8.13. The van der Waals surface area contributed by atoms with Crippen LogP contribution in [-0.2, 0) is 24.8 Å². The maximum Gasteiger partial charge on any atom is 0.287 e. The Morgan fingerprint density at radius 3 is 2.38 bits per heavy atom. The monoisotopic (exact) mass is 685 g/mol. The van der Waals surface area contributed by atoms with Crippen molar-refractivity contribution in [2.75, 3.05) is 6.54 Å². The maximum absolute atomic E-state index is 14.8. The summed E-state index contributed by atoms with van der Waals surface area (Å²) in [5.41, 5.74) is 3.50. The molecule has 2 saturated carbocycles. The van der Waals surface area contributed by atoms with Gasteiger partial charge >= 0.3 is 0 Å². The molecule has 3 fully saturated rings. The summed E-state index contributed by atoms with van der Waals surface area (Å²) >= 11 is 0. The summed E-state index contributed by atoms with van der Waals surface area (Å²) in [6.07, 6.45) is 8.87. The van der Waals surface area contributed by atoms with E-state index in [0.717, 1.165) is 42.9 Å². The zero-order chi connectivity index (χ0) is 35.6. The summed E-state index contributed by atoms with van der Waals surface area (Å²) in [5, 5.41) is 26.9. The second-order valence-electron chi connectivity index (χ2n) is 14.8. The number of primary amides is 1. The van der Waals surface area contributed by atoms with Gasteiger partial charge in [-0.2, -0.15) is 0 Å². The molecule has 2 aliphatic carbocycles. The molecule has 1 unspecified atom stereocenters. The van der Waals surface area contributed by atoms with Gasteiger partial charge in [-0.25, -0.2) is 4.68 Å². The number of nitrogens with two attached hydrogens (primary N) is 1. The largest absolute Gasteiger partial charge is 0.384 e. The number of rotatable bonds is 11. The highest BCUT2D eigenvalue weighted by atomic mass is 16.3. The Hall–Kier alpha value is -4.65. The number of hydrogen-bond acceptors (Lipinski definition) is 8. The molecule has 0 spiro atoms. The van der Waals surface area contributed by atoms with Crippen LogP contribution < -0.4 is 16.4 Å². The molecule has 3 atom stereocenters. The van der Waals surface area contributed by atoms with Crippen LogP contribution in [0.25, 0.3) is 10.8 Å². The molecule has 50 heavy (non-hydrogen) atoms. The van der Waals surface area contributed by atoms with Crippen LogP contribution in [-0.4, -0.2) is 78.6 Å². The van der Waals surface area contributed by atoms with Gasteiger partial charge in [-0.3, -0.25) is 24.0 Å². The van der Waals surface area contributed by atoms with E-state index >= 15 is 0 Å². The number of carbonyl (C=O) groups excluding carboxylic acids is 5. The lowest BCUT2D eigenvalue weighted by atomic mass is 9.84. The van der Waals surface area contributed by atoms with Gasteiger partial charge in [0.2, 0.25) is 17.6 Å². The van der Waals surface area contributed by atoms with Crippen molar-refractivity contribution in [2.45, 2.75) is 114 Å². The van der Waals surface area contributed by atoms with Crippen molar-refractivity contribution in [3.05, 3.63) is 59.9 Å². The van der Waals surface area contributed by atoms with Crippen LogP contribution in [0.15, 0.2) is 48.7 Å². The summed E-state index contributed by atoms with van der Waals surface area (Å²) in [6.45, 7) is 3.26. The first kappa shape index (κ1) is 35.2. The third kappa shape index (κ3) is 7.28. The quantitative estimate of drug-likeness (QED) is 0.222. The first-order chi connectivity index (χ1) is 23.9. The van der Waals surface area contributed by atoms with Crippen molar-refractivity contribution in [3.63, 3.8) is 0 Å². The van der Waals surface area contributed by atoms with Crippen LogP contribution in [0, 0.1) is 5.92 Å². The molecule has 0 radical (unpaired) electrons. The SMILES string of the molecule is CC(C)(O)c1cnnn1[C@H]1C[C@@H](C(=O)NC2(C(=O)C(N)=O)CCCC2)N(C(=O)C(CC2CCCCC2)NC(=O)c2ccc3ccccc3c2)C1. The fourth-order valence-corrected chi connectivity index (χ4v) is 8.13. The van der Waals surface area contributed by atoms with Crippen LogP contribution in [0.2, 0.25) is 0 Å². The molecule has 266 valence electrons. The average Bonchev–Trinajstić information content (AvgIpc) is 3.88. The average molecular weight is 686 g/mol. The maximum atomic E-state index is 14.8. The molecule has 1 saturated heterocycles. The van der Waals surface area contributed by atoms with E-state index in [0.29, 0.717) is 30.5 Å². The van der Waals surface area contributed by atoms with Crippen LogP contribution in [0.5, 0.6) is 0 Å². The molecule has 6 rings (SSSR count). The Labute approximate surface area is 291 Å². The second kappa shape index (κ2) is 14.3. The van der Waals surface area contributed by atoms with E-state index in [4.69, 9.17) is 5.73 Å². The predicted octanol–water partition coefficient (Wildman–Crippen LogP) is 3.05. The first-order valence-corrected chi connectivity index (χ1v) is 17.8. The van der Waals surface area contributed by atoms with E-state index in [1.54, 1.807) is 26.0 Å². The van der Waals surface area contributed by atoms with E-state index in [1.807, 2.05) is 30.3 Å². The van der Waals surface area contributed by atoms with Crippen molar-refractivity contribution in [1.29, 1.82) is 0 Å². The van der Waals surface area contributed by atoms with Gasteiger partial charge in [-0.05, 0) is 61.9 Å². The van der Waals surface area contributed by atoms with E-state index in [-0.39, 0.29) is 37.6 Å². The molecule has 13 nitrogen and oxygen atoms in total. The van der Waals surface area contributed by atoms with Crippen molar-refractivity contribution in [1.82, 2.24) is 30.5 Å². The Balaban J connectivity index is 1.33. The predicted molar refractivity (Wildman–Crippen MR) is 184 cm³/mol. The van der Waals surface area contributed by atoms with Crippen molar-refractivity contribution in [3.8, 4) is 0 Å². The number of Topliss-reactive ketones (excluding diaryl/α,β-unsaturated/α-hetero) is 1. The summed E-state index contributed by atoms with van der Waals surface area (Å²) in [5.74, 6) is -3.15. The molecule has 13 heteroatoms. The Morgan fingerprint density at radius 1 is 1.00 bits per heavy atom. The van der Waals surface area contributed by atoms with Gasteiger partial charge in [0.25, 0.3) is 11.8 Å². The zero-order valence-corrected chi connectivity index (χ0v) is 28.8. The minimum atomic E-state index is -1.44. The van der Waals surface area contributed by atoms with E-state index in [2.05, 4.69) is 20.9 Å². The van der Waals surface area contributed by atoms with Crippen LogP contribution in [0.4, 0.5) is 0 Å². The van der Waals surface area contributed by atoms with Gasteiger partial charge in [0.1, 0.15) is 23.2 Å². The van der Waals surface area contributed by atoms with Crippen molar-refractivity contribution < 1.29 is 29.1 Å². The van der Waals surface area contributed by atoms with Crippen LogP contribution in [0.1, 0.15) is 107 Å². The molecular formula is C37H47N7O6. The highest BCUT2D eigenvalue weighted by Gasteiger charge is 2.50. The summed E-state index contributed by atoms with van der Waals surface area (Å²) < 4.78 is 1.54. The number of carbonyl (C=O) groups is 5. The molecule has 5 N–H and O–H groups in total. The highest BCUT2D eigenvalue weighted by molar-refractivity contribution is 6.39. The topological polar surface area (TPSA) is 190 Å². The lowest BCUT2D eigenvalue weighted by Crippen LogP contribution is -2.61. The number of nitrogens with zero attached hydrogens (tertiary/aromatic N) is 4. The van der Waals surface area contributed by atoms with Crippen molar-refractivity contribution in [2.24, 2.45) is 11.7 Å². The number of aromatic nitrogens is 3. The molecule has 4 amide bonds. The molecular weight excluding hydrogens is 638 g/mol. The molecule has 1 aromatic heterocycles. The standard InChI is InChI=1S/C37H47N7O6/c1-36(2,50)30-21-39-42-44(30)27-20-29(34(48)41-37(16-8-9-17-37)31(45)32(38)46)43(22-27)35(49)28(18-23-10-4-3-5-11-23)40-33(47)26-15-14-24-12-6-7-13-25(24)19-26/h6-7,12-15,19,21,23,27-29,50H,3-5,8-11,16-18,20,22H2,1-2H3,(H2,38,46)(H,40,47)(H,41,48)/t27-,28?,29-/m0/s1. The van der Waals surface area contributed by atoms with E-state index in [9.17, 15) is 29.1 Å². The smallest absolute Gasteiger partial charge is 0.287 e. The van der Waals surface area contributed by atoms with Crippen LogP contribution in [0.3, 0.4) is 0 Å². The Kier molecular flexibility index (Phi) is 10.1. The van der Waals surface area contributed by atoms with E-state index in [1.165, 1.54) is 15.8 Å². The van der Waals surface area contributed by atoms with Gasteiger partial charge in [0.15, 0.2) is 0 Å². The number of ketones is 1. The first-order valence-electron chi connectivity index (χ1n) is 17.8. The van der Waals surface area contributed by atoms with Gasteiger partial charge in [-0.15, -0.1) is 5.10 Å². The molecule has 0 bridgehead atoms. The van der Waals surface area contributed by atoms with Crippen molar-refractivity contribution >= 4 is 40.2 Å². The number of aliphatic hydroxyl groups is 1. The lowest BCUT2D eigenvalue weighted by Gasteiger charge is -2.34. The third-order valence-electron chi connectivity index (χ3n) is 10.8. The number of amides is 4. The van der Waals surface area contributed by atoms with Gasteiger partial charge in [0, 0.05) is 18.5 Å². The van der Waals surface area contributed by atoms with Gasteiger partial charge < -0.3 is 26.4 Å². The summed E-state index contributed by atoms with van der Waals surface area (Å²) in [7, 11) is 0. The number of nitrogens with one attached hydrogen (secondary N) is 2. The Morgan fingerprint density at radius 2 is 1.70 bits per heavy atom. The lowest BCUT2D eigenvalue weighted by molar-refractivity contribution is -0.144. The molecule has 2 aromatic carbocycles. The summed E-state index contributed by atoms with van der Waals surface area (Å²) in [4.78, 5) is 69.3. The number of likely N-dealkylation sites (tertiary alicyclic amines) is 1. The number of fused-ring (bicyclic) bond motifs is 1. The minimum absolute atomic E-state index is 0.0487. The fraction of sp³-hybridized carbons (Fsp3) is 0.541. The Bertz CT molecular complexity index is 1770. The normalized spacial score (nSPS) is 21.5. The molecule has 1 aliphatic heterocycles. The molecule has 2 heterocycles. The number of benzene rings is 2. The second-order valence-corrected chi connectivity index (χ2v) is 14.8. The van der Waals surface area contributed by atoms with E-state index < -0.39 is 52.8 Å². The highest BCUT2D eigenvalue weighted by Crippen LogP contribution is 2.36. The number of hydrogen-bond donors (Lipinski definition) is 4. The van der Waals surface area contributed by atoms with Gasteiger partial charge in [0.05, 0.1) is 17.9 Å². The molecule has 3 aromatic rings. The van der Waals surface area contributed by atoms with Crippen LogP contribution >= 0.6 is 0 Å². The zero-order valence-electron chi connectivity index (χ0n) is 28.8. The molecule has 3 aliphatic rings. The summed E-state index contributed by atoms with van der Waals surface area (Å²) in [6, 6.07) is 10.6. The minimum Gasteiger partial charge on any atom is -0.384 e.